The van der Waals surface area contributed by atoms with Gasteiger partial charge in [-0.15, -0.1) is 0 Å². The quantitative estimate of drug-likeness (QED) is 0.520. The van der Waals surface area contributed by atoms with E-state index in [-0.39, 0.29) is 30.6 Å². The Morgan fingerprint density at radius 3 is 2.41 bits per heavy atom. The first-order valence-electron chi connectivity index (χ1n) is 11.0. The van der Waals surface area contributed by atoms with Gasteiger partial charge in [-0.05, 0) is 48.7 Å². The van der Waals surface area contributed by atoms with Crippen LogP contribution < -0.4 is 14.4 Å². The molecule has 2 aromatic carbocycles. The van der Waals surface area contributed by atoms with Crippen LogP contribution >= 0.6 is 0 Å². The molecular formula is C25H30N2O5. The van der Waals surface area contributed by atoms with Gasteiger partial charge in [0.1, 0.15) is 0 Å². The summed E-state index contributed by atoms with van der Waals surface area (Å²) < 4.78 is 11.2. The van der Waals surface area contributed by atoms with Crippen LogP contribution in [0.15, 0.2) is 42.5 Å². The summed E-state index contributed by atoms with van der Waals surface area (Å²) in [5, 5.41) is 0. The van der Waals surface area contributed by atoms with Crippen LogP contribution in [0.1, 0.15) is 55.5 Å². The predicted octanol–water partition coefficient (Wildman–Crippen LogP) is 4.19. The molecule has 7 heteroatoms. The van der Waals surface area contributed by atoms with E-state index >= 15 is 0 Å². The third-order valence-corrected chi connectivity index (χ3v) is 5.25. The summed E-state index contributed by atoms with van der Waals surface area (Å²) >= 11 is 0. The average molecular weight is 439 g/mol. The summed E-state index contributed by atoms with van der Waals surface area (Å²) in [5.74, 6) is 0.690. The van der Waals surface area contributed by atoms with Gasteiger partial charge in [0, 0.05) is 31.5 Å². The molecule has 0 radical (unpaired) electrons. The number of ether oxygens (including phenoxy) is 2. The van der Waals surface area contributed by atoms with Crippen molar-refractivity contribution in [3.8, 4) is 11.5 Å². The molecule has 0 aliphatic carbocycles. The minimum absolute atomic E-state index is 0.155. The monoisotopic (exact) mass is 438 g/mol. The number of methoxy groups -OCH3 is 1. The number of rotatable bonds is 10. The van der Waals surface area contributed by atoms with E-state index in [0.717, 1.165) is 18.4 Å². The Morgan fingerprint density at radius 1 is 1.00 bits per heavy atom. The number of amides is 3. The van der Waals surface area contributed by atoms with E-state index in [1.807, 2.05) is 32.0 Å². The second-order valence-corrected chi connectivity index (χ2v) is 7.73. The first-order valence-corrected chi connectivity index (χ1v) is 11.0. The van der Waals surface area contributed by atoms with Crippen LogP contribution in [0.4, 0.5) is 5.69 Å². The summed E-state index contributed by atoms with van der Waals surface area (Å²) in [6.07, 6.45) is 2.11. The van der Waals surface area contributed by atoms with Crippen molar-refractivity contribution in [3.63, 3.8) is 0 Å². The van der Waals surface area contributed by atoms with Crippen LogP contribution in [0.5, 0.6) is 11.5 Å². The molecule has 1 fully saturated rings. The van der Waals surface area contributed by atoms with Crippen LogP contribution in [0.3, 0.4) is 0 Å². The third kappa shape index (κ3) is 5.28. The second-order valence-electron chi connectivity index (χ2n) is 7.73. The molecule has 0 aromatic heterocycles. The van der Waals surface area contributed by atoms with Gasteiger partial charge in [-0.2, -0.15) is 0 Å². The SMILES string of the molecule is CCCOc1ccc(CN(CCC)C(=O)c2cccc(N3C(=O)CCC3=O)c2)cc1OC. The van der Waals surface area contributed by atoms with Gasteiger partial charge in [-0.1, -0.05) is 26.0 Å². The van der Waals surface area contributed by atoms with E-state index in [1.165, 1.54) is 4.90 Å². The molecule has 2 aromatic rings. The number of nitrogens with zero attached hydrogens (tertiary/aromatic N) is 2. The molecule has 1 aliphatic heterocycles. The van der Waals surface area contributed by atoms with Gasteiger partial charge in [-0.3, -0.25) is 19.3 Å². The predicted molar refractivity (Wildman–Crippen MR) is 122 cm³/mol. The minimum Gasteiger partial charge on any atom is -0.493 e. The molecule has 0 atom stereocenters. The molecule has 1 heterocycles. The Morgan fingerprint density at radius 2 is 1.75 bits per heavy atom. The van der Waals surface area contributed by atoms with Crippen molar-refractivity contribution in [3.05, 3.63) is 53.6 Å². The molecule has 3 rings (SSSR count). The maximum Gasteiger partial charge on any atom is 0.254 e. The number of carbonyl (C=O) groups excluding carboxylic acids is 3. The molecule has 3 amide bonds. The van der Waals surface area contributed by atoms with E-state index in [2.05, 4.69) is 0 Å². The topological polar surface area (TPSA) is 76.2 Å². The van der Waals surface area contributed by atoms with Gasteiger partial charge in [0.05, 0.1) is 19.4 Å². The molecule has 1 aliphatic rings. The Balaban J connectivity index is 1.81. The Labute approximate surface area is 188 Å². The summed E-state index contributed by atoms with van der Waals surface area (Å²) in [6.45, 7) is 5.64. The fourth-order valence-electron chi connectivity index (χ4n) is 3.71. The zero-order valence-corrected chi connectivity index (χ0v) is 18.9. The van der Waals surface area contributed by atoms with Crippen molar-refractivity contribution in [1.82, 2.24) is 4.90 Å². The Kier molecular flexibility index (Phi) is 7.87. The molecule has 32 heavy (non-hydrogen) atoms. The van der Waals surface area contributed by atoms with Crippen molar-refractivity contribution in [2.75, 3.05) is 25.2 Å². The van der Waals surface area contributed by atoms with Gasteiger partial charge >= 0.3 is 0 Å². The van der Waals surface area contributed by atoms with Crippen molar-refractivity contribution in [2.45, 2.75) is 46.1 Å². The van der Waals surface area contributed by atoms with Crippen molar-refractivity contribution >= 4 is 23.4 Å². The average Bonchev–Trinajstić information content (AvgIpc) is 3.15. The first kappa shape index (κ1) is 23.3. The molecule has 0 saturated carbocycles. The lowest BCUT2D eigenvalue weighted by atomic mass is 10.1. The number of hydrogen-bond donors (Lipinski definition) is 0. The van der Waals surface area contributed by atoms with Gasteiger partial charge in [0.15, 0.2) is 11.5 Å². The van der Waals surface area contributed by atoms with Gasteiger partial charge in [-0.25, -0.2) is 0 Å². The molecule has 0 N–H and O–H groups in total. The zero-order chi connectivity index (χ0) is 23.1. The standard InChI is InChI=1S/C25H30N2O5/c1-4-13-26(17-18-9-10-21(32-14-5-2)22(15-18)31-3)25(30)19-7-6-8-20(16-19)27-23(28)11-12-24(27)29/h6-10,15-16H,4-5,11-14,17H2,1-3H3. The van der Waals surface area contributed by atoms with Crippen LogP contribution in [0.25, 0.3) is 0 Å². The number of anilines is 1. The largest absolute Gasteiger partial charge is 0.493 e. The highest BCUT2D eigenvalue weighted by Gasteiger charge is 2.30. The molecule has 0 bridgehead atoms. The third-order valence-electron chi connectivity index (χ3n) is 5.25. The fraction of sp³-hybridized carbons (Fsp3) is 0.400. The van der Waals surface area contributed by atoms with Gasteiger partial charge in [0.25, 0.3) is 5.91 Å². The highest BCUT2D eigenvalue weighted by Crippen LogP contribution is 2.29. The van der Waals surface area contributed by atoms with Crippen LogP contribution in [-0.4, -0.2) is 42.9 Å². The second kappa shape index (κ2) is 10.8. The normalized spacial score (nSPS) is 13.4. The van der Waals surface area contributed by atoms with Gasteiger partial charge < -0.3 is 14.4 Å². The minimum atomic E-state index is -0.234. The number of imide groups is 1. The highest BCUT2D eigenvalue weighted by atomic mass is 16.5. The Hall–Kier alpha value is -3.35. The van der Waals surface area contributed by atoms with E-state index < -0.39 is 0 Å². The van der Waals surface area contributed by atoms with E-state index in [1.54, 1.807) is 36.3 Å². The summed E-state index contributed by atoms with van der Waals surface area (Å²) in [6, 6.07) is 12.4. The van der Waals surface area contributed by atoms with E-state index in [9.17, 15) is 14.4 Å². The molecular weight excluding hydrogens is 408 g/mol. The summed E-state index contributed by atoms with van der Waals surface area (Å²) in [4.78, 5) is 40.4. The highest BCUT2D eigenvalue weighted by molar-refractivity contribution is 6.20. The molecule has 170 valence electrons. The summed E-state index contributed by atoms with van der Waals surface area (Å²) in [5.41, 5.74) is 1.81. The lowest BCUT2D eigenvalue weighted by Gasteiger charge is -2.24. The van der Waals surface area contributed by atoms with Crippen molar-refractivity contribution < 1.29 is 23.9 Å². The molecule has 0 unspecified atom stereocenters. The lowest BCUT2D eigenvalue weighted by molar-refractivity contribution is -0.121. The summed E-state index contributed by atoms with van der Waals surface area (Å²) in [7, 11) is 1.60. The molecule has 7 nitrogen and oxygen atoms in total. The van der Waals surface area contributed by atoms with E-state index in [0.29, 0.717) is 42.4 Å². The number of hydrogen-bond acceptors (Lipinski definition) is 5. The van der Waals surface area contributed by atoms with E-state index in [4.69, 9.17) is 9.47 Å². The zero-order valence-electron chi connectivity index (χ0n) is 18.9. The number of benzene rings is 2. The van der Waals surface area contributed by atoms with Crippen LogP contribution in [0, 0.1) is 0 Å². The number of carbonyl (C=O) groups is 3. The lowest BCUT2D eigenvalue weighted by Crippen LogP contribution is -2.32. The molecule has 1 saturated heterocycles. The van der Waals surface area contributed by atoms with Crippen molar-refractivity contribution in [1.29, 1.82) is 0 Å². The maximum atomic E-state index is 13.3. The smallest absolute Gasteiger partial charge is 0.254 e. The van der Waals surface area contributed by atoms with Crippen LogP contribution in [0.2, 0.25) is 0 Å². The van der Waals surface area contributed by atoms with Gasteiger partial charge in [0.2, 0.25) is 11.8 Å². The maximum absolute atomic E-state index is 13.3. The van der Waals surface area contributed by atoms with Crippen LogP contribution in [-0.2, 0) is 16.1 Å². The fourth-order valence-corrected chi connectivity index (χ4v) is 3.71. The molecule has 0 spiro atoms. The van der Waals surface area contributed by atoms with Crippen molar-refractivity contribution in [2.24, 2.45) is 0 Å². The first-order chi connectivity index (χ1) is 15.5. The Bertz CT molecular complexity index is 972.